The van der Waals surface area contributed by atoms with Crippen molar-refractivity contribution >= 4 is 5.91 Å². The van der Waals surface area contributed by atoms with E-state index in [4.69, 9.17) is 4.74 Å². The highest BCUT2D eigenvalue weighted by Crippen LogP contribution is 2.28. The first-order valence-electron chi connectivity index (χ1n) is 8.70. The van der Waals surface area contributed by atoms with Gasteiger partial charge in [0.15, 0.2) is 0 Å². The lowest BCUT2D eigenvalue weighted by molar-refractivity contribution is -0.136. The van der Waals surface area contributed by atoms with E-state index in [2.05, 4.69) is 9.97 Å². The Morgan fingerprint density at radius 3 is 2.96 bits per heavy atom. The van der Waals surface area contributed by atoms with Crippen molar-refractivity contribution in [2.75, 3.05) is 19.7 Å². The molecule has 4 rings (SSSR count). The number of rotatable bonds is 1. The lowest BCUT2D eigenvalue weighted by Gasteiger charge is -2.29. The van der Waals surface area contributed by atoms with Crippen molar-refractivity contribution in [3.63, 3.8) is 0 Å². The first-order chi connectivity index (χ1) is 12.1. The molecule has 0 saturated carbocycles. The molecular formula is C19H21N3O3. The third-order valence-electron chi connectivity index (χ3n) is 5.01. The molecule has 6 heteroatoms. The third-order valence-corrected chi connectivity index (χ3v) is 5.01. The molecule has 0 saturated heterocycles. The summed E-state index contributed by atoms with van der Waals surface area (Å²) in [6, 6.07) is 7.87. The Bertz CT molecular complexity index is 874. The highest BCUT2D eigenvalue weighted by Gasteiger charge is 2.30. The van der Waals surface area contributed by atoms with Gasteiger partial charge in [-0.1, -0.05) is 18.2 Å². The van der Waals surface area contributed by atoms with E-state index in [1.807, 2.05) is 29.2 Å². The number of amides is 1. The Morgan fingerprint density at radius 1 is 1.28 bits per heavy atom. The highest BCUT2D eigenvalue weighted by molar-refractivity contribution is 5.80. The van der Waals surface area contributed by atoms with Gasteiger partial charge < -0.3 is 14.6 Å². The van der Waals surface area contributed by atoms with E-state index < -0.39 is 0 Å². The number of nitrogens with one attached hydrogen (secondary N) is 1. The number of benzene rings is 1. The van der Waals surface area contributed by atoms with Gasteiger partial charge in [0.25, 0.3) is 5.56 Å². The summed E-state index contributed by atoms with van der Waals surface area (Å²) in [5.74, 6) is 1.45. The predicted octanol–water partition coefficient (Wildman–Crippen LogP) is 1.26. The van der Waals surface area contributed by atoms with E-state index in [0.29, 0.717) is 50.3 Å². The summed E-state index contributed by atoms with van der Waals surface area (Å²) < 4.78 is 5.76. The summed E-state index contributed by atoms with van der Waals surface area (Å²) in [5.41, 5.74) is 2.54. The predicted molar refractivity (Wildman–Crippen MR) is 92.7 cm³/mol. The summed E-state index contributed by atoms with van der Waals surface area (Å²) in [4.78, 5) is 34.2. The van der Waals surface area contributed by atoms with Crippen molar-refractivity contribution in [1.29, 1.82) is 0 Å². The molecule has 0 spiro atoms. The van der Waals surface area contributed by atoms with Crippen LogP contribution in [0.5, 0.6) is 5.75 Å². The number of fused-ring (bicyclic) bond motifs is 2. The first-order valence-corrected chi connectivity index (χ1v) is 8.70. The molecule has 1 amide bonds. The molecule has 1 atom stereocenters. The molecule has 2 aliphatic rings. The van der Waals surface area contributed by atoms with Crippen molar-refractivity contribution < 1.29 is 9.53 Å². The molecular weight excluding hydrogens is 318 g/mol. The average Bonchev–Trinajstić information content (AvgIpc) is 2.83. The summed E-state index contributed by atoms with van der Waals surface area (Å²) in [7, 11) is 0. The van der Waals surface area contributed by atoms with Gasteiger partial charge in [-0.25, -0.2) is 4.98 Å². The second-order valence-corrected chi connectivity index (χ2v) is 6.72. The largest absolute Gasteiger partial charge is 0.492 e. The molecule has 2 aliphatic heterocycles. The molecule has 130 valence electrons. The third kappa shape index (κ3) is 3.04. The summed E-state index contributed by atoms with van der Waals surface area (Å²) in [6.45, 7) is 3.35. The number of ether oxygens (including phenoxy) is 1. The van der Waals surface area contributed by atoms with Crippen LogP contribution in [0.3, 0.4) is 0 Å². The number of H-pyrrole nitrogens is 1. The standard InChI is InChI=1S/C19H21N3O3/c1-12-20-16-7-9-22(8-6-15(16)18(23)21-12)19(24)14-10-13-4-2-3-5-17(13)25-11-14/h2-5,14H,6-11H2,1H3,(H,20,21,23)/t14-/m1/s1. The van der Waals surface area contributed by atoms with Crippen LogP contribution < -0.4 is 10.3 Å². The van der Waals surface area contributed by atoms with Gasteiger partial charge in [-0.05, 0) is 31.4 Å². The quantitative estimate of drug-likeness (QED) is 0.849. The second kappa shape index (κ2) is 6.35. The minimum atomic E-state index is -0.163. The van der Waals surface area contributed by atoms with Gasteiger partial charge in [0.1, 0.15) is 18.2 Å². The van der Waals surface area contributed by atoms with Crippen LogP contribution in [0.1, 0.15) is 22.6 Å². The van der Waals surface area contributed by atoms with E-state index >= 15 is 0 Å². The molecule has 0 aliphatic carbocycles. The molecule has 6 nitrogen and oxygen atoms in total. The van der Waals surface area contributed by atoms with E-state index in [9.17, 15) is 9.59 Å². The van der Waals surface area contributed by atoms with Gasteiger partial charge >= 0.3 is 0 Å². The van der Waals surface area contributed by atoms with E-state index in [1.165, 1.54) is 0 Å². The molecule has 3 heterocycles. The molecule has 1 aromatic heterocycles. The van der Waals surface area contributed by atoms with Gasteiger partial charge in [0.05, 0.1) is 11.6 Å². The SMILES string of the molecule is Cc1nc2c(c(=O)[nH]1)CCN(C(=O)[C@H]1COc3ccccc3C1)CC2. The van der Waals surface area contributed by atoms with E-state index in [-0.39, 0.29) is 17.4 Å². The summed E-state index contributed by atoms with van der Waals surface area (Å²) in [6.07, 6.45) is 1.88. The molecule has 0 unspecified atom stereocenters. The number of aryl methyl sites for hydroxylation is 1. The molecule has 2 aromatic rings. The van der Waals surface area contributed by atoms with Crippen molar-refractivity contribution in [1.82, 2.24) is 14.9 Å². The van der Waals surface area contributed by atoms with Crippen LogP contribution in [0.4, 0.5) is 0 Å². The average molecular weight is 339 g/mol. The minimum Gasteiger partial charge on any atom is -0.492 e. The summed E-state index contributed by atoms with van der Waals surface area (Å²) >= 11 is 0. The minimum absolute atomic E-state index is 0.0771. The van der Waals surface area contributed by atoms with Gasteiger partial charge in [0.2, 0.25) is 5.91 Å². The molecule has 0 fully saturated rings. The van der Waals surface area contributed by atoms with Crippen molar-refractivity contribution in [2.45, 2.75) is 26.2 Å². The zero-order valence-corrected chi connectivity index (χ0v) is 14.2. The molecule has 0 radical (unpaired) electrons. The lowest BCUT2D eigenvalue weighted by Crippen LogP contribution is -2.42. The Hall–Kier alpha value is -2.63. The van der Waals surface area contributed by atoms with Crippen LogP contribution in [-0.4, -0.2) is 40.5 Å². The fourth-order valence-electron chi connectivity index (χ4n) is 3.70. The van der Waals surface area contributed by atoms with Gasteiger partial charge in [-0.2, -0.15) is 0 Å². The number of aromatic nitrogens is 2. The zero-order chi connectivity index (χ0) is 17.4. The lowest BCUT2D eigenvalue weighted by atomic mass is 9.95. The summed E-state index contributed by atoms with van der Waals surface area (Å²) in [5, 5.41) is 0. The number of para-hydroxylation sites is 1. The molecule has 25 heavy (non-hydrogen) atoms. The number of hydrogen-bond donors (Lipinski definition) is 1. The maximum atomic E-state index is 13.0. The normalized spacial score (nSPS) is 19.4. The second-order valence-electron chi connectivity index (χ2n) is 6.72. The van der Waals surface area contributed by atoms with Gasteiger partial charge in [0, 0.05) is 25.1 Å². The Balaban J connectivity index is 1.49. The molecule has 1 aromatic carbocycles. The van der Waals surface area contributed by atoms with Crippen LogP contribution in [-0.2, 0) is 24.1 Å². The van der Waals surface area contributed by atoms with Crippen molar-refractivity contribution in [3.8, 4) is 5.75 Å². The fourth-order valence-corrected chi connectivity index (χ4v) is 3.70. The topological polar surface area (TPSA) is 75.3 Å². The fraction of sp³-hybridized carbons (Fsp3) is 0.421. The smallest absolute Gasteiger partial charge is 0.254 e. The number of carbonyl (C=O) groups is 1. The Labute approximate surface area is 145 Å². The van der Waals surface area contributed by atoms with E-state index in [1.54, 1.807) is 6.92 Å². The Morgan fingerprint density at radius 2 is 2.08 bits per heavy atom. The van der Waals surface area contributed by atoms with Crippen LogP contribution in [0, 0.1) is 12.8 Å². The van der Waals surface area contributed by atoms with Crippen LogP contribution in [0.25, 0.3) is 0 Å². The number of hydrogen-bond acceptors (Lipinski definition) is 4. The van der Waals surface area contributed by atoms with Gasteiger partial charge in [-0.15, -0.1) is 0 Å². The maximum absolute atomic E-state index is 13.0. The first kappa shape index (κ1) is 15.9. The van der Waals surface area contributed by atoms with E-state index in [0.717, 1.165) is 17.0 Å². The monoisotopic (exact) mass is 339 g/mol. The zero-order valence-electron chi connectivity index (χ0n) is 14.2. The van der Waals surface area contributed by atoms with Crippen LogP contribution in [0.2, 0.25) is 0 Å². The Kier molecular flexibility index (Phi) is 4.03. The molecule has 1 N–H and O–H groups in total. The molecule has 0 bridgehead atoms. The van der Waals surface area contributed by atoms with Crippen LogP contribution in [0.15, 0.2) is 29.1 Å². The number of carbonyl (C=O) groups excluding carboxylic acids is 1. The number of aromatic amines is 1. The van der Waals surface area contributed by atoms with Crippen molar-refractivity contribution in [2.24, 2.45) is 5.92 Å². The number of nitrogens with zero attached hydrogens (tertiary/aromatic N) is 2. The maximum Gasteiger partial charge on any atom is 0.254 e. The van der Waals surface area contributed by atoms with Gasteiger partial charge in [-0.3, -0.25) is 9.59 Å². The van der Waals surface area contributed by atoms with Crippen molar-refractivity contribution in [3.05, 3.63) is 57.3 Å². The van der Waals surface area contributed by atoms with Crippen LogP contribution >= 0.6 is 0 Å². The highest BCUT2D eigenvalue weighted by atomic mass is 16.5.